The Morgan fingerprint density at radius 2 is 1.86 bits per heavy atom. The van der Waals surface area contributed by atoms with Crippen molar-refractivity contribution in [1.82, 2.24) is 5.01 Å². The average Bonchev–Trinajstić information content (AvgIpc) is 2.65. The lowest BCUT2D eigenvalue weighted by atomic mass is 10.1. The molecule has 1 amide bonds. The molecule has 2 rings (SSSR count). The summed E-state index contributed by atoms with van der Waals surface area (Å²) >= 11 is 0. The van der Waals surface area contributed by atoms with Gasteiger partial charge in [-0.15, -0.1) is 0 Å². The molecule has 3 N–H and O–H groups in total. The van der Waals surface area contributed by atoms with E-state index in [-0.39, 0.29) is 24.3 Å². The van der Waals surface area contributed by atoms with Crippen molar-refractivity contribution in [3.63, 3.8) is 0 Å². The van der Waals surface area contributed by atoms with E-state index in [1.54, 1.807) is 0 Å². The number of para-hydroxylation sites is 1. The maximum Gasteiger partial charge on any atom is 0.426 e. The van der Waals surface area contributed by atoms with E-state index in [1.807, 2.05) is 0 Å². The first-order valence-corrected chi connectivity index (χ1v) is 8.54. The molecule has 6 nitrogen and oxygen atoms in total. The first kappa shape index (κ1) is 22.0. The Morgan fingerprint density at radius 3 is 2.41 bits per heavy atom. The molecule has 2 aromatic carbocycles. The highest BCUT2D eigenvalue weighted by Crippen LogP contribution is 2.39. The van der Waals surface area contributed by atoms with E-state index in [0.717, 1.165) is 12.1 Å². The van der Waals surface area contributed by atoms with Gasteiger partial charge in [0.15, 0.2) is 0 Å². The maximum absolute atomic E-state index is 13.5. The number of nitrogens with zero attached hydrogens (tertiary/aromatic N) is 1. The minimum atomic E-state index is -4.70. The summed E-state index contributed by atoms with van der Waals surface area (Å²) in [7, 11) is 0. The van der Waals surface area contributed by atoms with Crippen LogP contribution in [0.3, 0.4) is 0 Å². The van der Waals surface area contributed by atoms with Gasteiger partial charge >= 0.3 is 12.3 Å². The van der Waals surface area contributed by atoms with Crippen LogP contribution in [0.4, 0.5) is 33.7 Å². The van der Waals surface area contributed by atoms with Crippen molar-refractivity contribution in [2.75, 3.05) is 10.7 Å². The van der Waals surface area contributed by atoms with Gasteiger partial charge in [0.1, 0.15) is 12.1 Å². The molecule has 0 spiro atoms. The van der Waals surface area contributed by atoms with E-state index in [0.29, 0.717) is 16.9 Å². The normalized spacial score (nSPS) is 12.2. The Hall–Kier alpha value is -3.30. The third-order valence-electron chi connectivity index (χ3n) is 4.08. The number of hydrogen-bond donors (Lipinski definition) is 3. The number of carbonyl (C=O) groups excluding carboxylic acids is 1. The molecular weight excluding hydrogens is 394 g/mol. The van der Waals surface area contributed by atoms with Crippen molar-refractivity contribution < 1.29 is 32.3 Å². The van der Waals surface area contributed by atoms with Gasteiger partial charge in [-0.2, -0.15) is 13.2 Å². The molecule has 29 heavy (non-hydrogen) atoms. The van der Waals surface area contributed by atoms with E-state index in [2.05, 4.69) is 10.7 Å². The Kier molecular flexibility index (Phi) is 7.03. The fourth-order valence-corrected chi connectivity index (χ4v) is 2.59. The van der Waals surface area contributed by atoms with Gasteiger partial charge in [0, 0.05) is 13.0 Å². The largest absolute Gasteiger partial charge is 0.464 e. The number of benzene rings is 2. The van der Waals surface area contributed by atoms with E-state index in [1.165, 1.54) is 37.3 Å². The summed E-state index contributed by atoms with van der Waals surface area (Å²) in [5, 5.41) is 12.7. The Balaban J connectivity index is 2.38. The van der Waals surface area contributed by atoms with Crippen LogP contribution in [-0.4, -0.2) is 28.5 Å². The highest BCUT2D eigenvalue weighted by Gasteiger charge is 2.35. The molecule has 156 valence electrons. The molecule has 0 saturated carbocycles. The number of carbonyl (C=O) groups is 2. The number of nitrogens with one attached hydrogen (secondary N) is 2. The van der Waals surface area contributed by atoms with Crippen LogP contribution in [0.15, 0.2) is 42.5 Å². The van der Waals surface area contributed by atoms with Crippen LogP contribution >= 0.6 is 0 Å². The third-order valence-corrected chi connectivity index (χ3v) is 4.08. The summed E-state index contributed by atoms with van der Waals surface area (Å²) in [6.07, 6.45) is -5.79. The zero-order chi connectivity index (χ0) is 21.6. The zero-order valence-corrected chi connectivity index (χ0v) is 15.3. The number of halogens is 4. The number of carboxylic acid groups (broad SMARTS) is 1. The predicted molar refractivity (Wildman–Crippen MR) is 98.8 cm³/mol. The zero-order valence-electron chi connectivity index (χ0n) is 15.3. The quantitative estimate of drug-likeness (QED) is 0.331. The van der Waals surface area contributed by atoms with Gasteiger partial charge in [-0.05, 0) is 36.8 Å². The molecule has 0 heterocycles. The van der Waals surface area contributed by atoms with Crippen LogP contribution in [0, 0.1) is 5.82 Å². The summed E-state index contributed by atoms with van der Waals surface area (Å²) < 4.78 is 53.5. The van der Waals surface area contributed by atoms with Crippen LogP contribution in [0.25, 0.3) is 0 Å². The molecule has 0 aliphatic heterocycles. The molecule has 0 aliphatic carbocycles. The molecule has 0 aliphatic rings. The highest BCUT2D eigenvalue weighted by atomic mass is 19.4. The lowest BCUT2D eigenvalue weighted by Crippen LogP contribution is -2.42. The number of rotatable bonds is 8. The standard InChI is InChI=1S/C19H19F4N3O3/c1-12(9-10-27)26(18(28)29)25-16-4-2-3-15(19(21,22)23)17(16)24-11-13-5-7-14(20)8-6-13/h2-8,10,12,24-25H,9,11H2,1H3,(H,28,29). The predicted octanol–water partition coefficient (Wildman–Crippen LogP) is 4.74. The van der Waals surface area contributed by atoms with Crippen molar-refractivity contribution >= 4 is 23.8 Å². The van der Waals surface area contributed by atoms with Crippen molar-refractivity contribution in [1.29, 1.82) is 0 Å². The van der Waals surface area contributed by atoms with Crippen molar-refractivity contribution in [2.24, 2.45) is 0 Å². The van der Waals surface area contributed by atoms with Crippen LogP contribution in [-0.2, 0) is 17.5 Å². The molecule has 0 bridgehead atoms. The second-order valence-corrected chi connectivity index (χ2v) is 6.22. The molecular formula is C19H19F4N3O3. The van der Waals surface area contributed by atoms with E-state index in [9.17, 15) is 32.3 Å². The average molecular weight is 413 g/mol. The Labute approximate surface area is 164 Å². The SMILES string of the molecule is CC(CC=O)N(Nc1cccc(C(F)(F)F)c1NCc1ccc(F)cc1)C(=O)O. The number of hydrogen-bond acceptors (Lipinski definition) is 4. The minimum Gasteiger partial charge on any atom is -0.464 e. The number of anilines is 2. The van der Waals surface area contributed by atoms with Crippen LogP contribution in [0.5, 0.6) is 0 Å². The van der Waals surface area contributed by atoms with Crippen LogP contribution < -0.4 is 10.7 Å². The topological polar surface area (TPSA) is 81.7 Å². The summed E-state index contributed by atoms with van der Waals surface area (Å²) in [6, 6.07) is 7.66. The molecule has 1 unspecified atom stereocenters. The van der Waals surface area contributed by atoms with Gasteiger partial charge in [0.25, 0.3) is 0 Å². The summed E-state index contributed by atoms with van der Waals surface area (Å²) in [4.78, 5) is 22.2. The minimum absolute atomic E-state index is 0.0565. The molecule has 0 aromatic heterocycles. The van der Waals surface area contributed by atoms with Crippen molar-refractivity contribution in [3.8, 4) is 0 Å². The first-order chi connectivity index (χ1) is 13.6. The fourth-order valence-electron chi connectivity index (χ4n) is 2.59. The second-order valence-electron chi connectivity index (χ2n) is 6.22. The van der Waals surface area contributed by atoms with E-state index < -0.39 is 29.7 Å². The summed E-state index contributed by atoms with van der Waals surface area (Å²) in [6.45, 7) is 1.38. The van der Waals surface area contributed by atoms with Crippen LogP contribution in [0.2, 0.25) is 0 Å². The first-order valence-electron chi connectivity index (χ1n) is 8.54. The number of hydrazine groups is 1. The fraction of sp³-hybridized carbons (Fsp3) is 0.263. The van der Waals surface area contributed by atoms with Gasteiger partial charge in [-0.25, -0.2) is 14.2 Å². The summed E-state index contributed by atoms with van der Waals surface area (Å²) in [5.74, 6) is -0.479. The van der Waals surface area contributed by atoms with Gasteiger partial charge < -0.3 is 15.2 Å². The van der Waals surface area contributed by atoms with E-state index in [4.69, 9.17) is 0 Å². The smallest absolute Gasteiger partial charge is 0.426 e. The highest BCUT2D eigenvalue weighted by molar-refractivity contribution is 5.76. The van der Waals surface area contributed by atoms with Crippen molar-refractivity contribution in [3.05, 3.63) is 59.4 Å². The molecule has 10 heteroatoms. The lowest BCUT2D eigenvalue weighted by molar-refractivity contribution is -0.136. The molecule has 2 aromatic rings. The number of alkyl halides is 3. The van der Waals surface area contributed by atoms with Gasteiger partial charge in [0.2, 0.25) is 0 Å². The second kappa shape index (κ2) is 9.26. The van der Waals surface area contributed by atoms with Crippen molar-refractivity contribution in [2.45, 2.75) is 32.1 Å². The van der Waals surface area contributed by atoms with Gasteiger partial charge in [-0.1, -0.05) is 18.2 Å². The van der Waals surface area contributed by atoms with Gasteiger partial charge in [0.05, 0.1) is 23.0 Å². The number of amides is 1. The summed E-state index contributed by atoms with van der Waals surface area (Å²) in [5.41, 5.74) is 1.46. The lowest BCUT2D eigenvalue weighted by Gasteiger charge is -2.28. The van der Waals surface area contributed by atoms with E-state index >= 15 is 0 Å². The Morgan fingerprint density at radius 1 is 1.21 bits per heavy atom. The third kappa shape index (κ3) is 5.84. The maximum atomic E-state index is 13.5. The van der Waals surface area contributed by atoms with Gasteiger partial charge in [-0.3, -0.25) is 5.43 Å². The molecule has 1 atom stereocenters. The number of aldehydes is 1. The molecule has 0 fully saturated rings. The monoisotopic (exact) mass is 413 g/mol. The Bertz CT molecular complexity index is 857. The van der Waals surface area contributed by atoms with Crippen LogP contribution in [0.1, 0.15) is 24.5 Å². The molecule has 0 saturated heterocycles. The molecule has 0 radical (unpaired) electrons.